The Morgan fingerprint density at radius 1 is 1.53 bits per heavy atom. The van der Waals surface area contributed by atoms with Crippen LogP contribution in [0.5, 0.6) is 0 Å². The van der Waals surface area contributed by atoms with E-state index in [-0.39, 0.29) is 23.0 Å². The predicted octanol–water partition coefficient (Wildman–Crippen LogP) is -0.0565. The average Bonchev–Trinajstić information content (AvgIpc) is 2.72. The van der Waals surface area contributed by atoms with Gasteiger partial charge in [0.25, 0.3) is 0 Å². The van der Waals surface area contributed by atoms with Crippen LogP contribution in [0.3, 0.4) is 0 Å². The van der Waals surface area contributed by atoms with Gasteiger partial charge in [0.2, 0.25) is 10.0 Å². The van der Waals surface area contributed by atoms with Crippen molar-refractivity contribution in [3.8, 4) is 0 Å². The monoisotopic (exact) mass is 306 g/mol. The minimum absolute atomic E-state index is 0.146. The predicted molar refractivity (Wildman–Crippen MR) is 65.2 cm³/mol. The van der Waals surface area contributed by atoms with E-state index in [4.69, 9.17) is 16.7 Å². The Labute approximate surface area is 114 Å². The van der Waals surface area contributed by atoms with Gasteiger partial charge >= 0.3 is 5.97 Å². The summed E-state index contributed by atoms with van der Waals surface area (Å²) in [6, 6.07) is 1.34. The highest BCUT2D eigenvalue weighted by atomic mass is 35.5. The topological polar surface area (TPSA) is 108 Å². The van der Waals surface area contributed by atoms with Crippen LogP contribution in [0, 0.1) is 0 Å². The van der Waals surface area contributed by atoms with Gasteiger partial charge < -0.3 is 10.2 Å². The second-order valence-corrected chi connectivity index (χ2v) is 6.33. The SMILES string of the molecule is O=C(O)[C@@H]1C[C@@H](O)CN1S(=O)(=O)c1cccnc1Cl. The van der Waals surface area contributed by atoms with E-state index in [1.54, 1.807) is 0 Å². The normalized spacial score (nSPS) is 24.5. The summed E-state index contributed by atoms with van der Waals surface area (Å²) in [6.07, 6.45) is 0.174. The summed E-state index contributed by atoms with van der Waals surface area (Å²) in [5, 5.41) is 18.3. The number of hydrogen-bond acceptors (Lipinski definition) is 5. The first-order chi connectivity index (χ1) is 8.84. The summed E-state index contributed by atoms with van der Waals surface area (Å²) in [6.45, 7) is -0.273. The number of aromatic nitrogens is 1. The largest absolute Gasteiger partial charge is 0.480 e. The number of halogens is 1. The first-order valence-electron chi connectivity index (χ1n) is 5.37. The molecule has 0 unspecified atom stereocenters. The van der Waals surface area contributed by atoms with Crippen LogP contribution in [-0.2, 0) is 14.8 Å². The Balaban J connectivity index is 2.45. The number of pyridine rings is 1. The number of sulfonamides is 1. The molecule has 0 amide bonds. The molecule has 1 aromatic rings. The molecule has 2 heterocycles. The van der Waals surface area contributed by atoms with Gasteiger partial charge in [0, 0.05) is 19.2 Å². The van der Waals surface area contributed by atoms with E-state index in [1.165, 1.54) is 18.3 Å². The molecule has 1 fully saturated rings. The second kappa shape index (κ2) is 5.04. The van der Waals surface area contributed by atoms with Crippen molar-refractivity contribution in [3.63, 3.8) is 0 Å². The van der Waals surface area contributed by atoms with Crippen LogP contribution in [-0.4, -0.2) is 52.6 Å². The fraction of sp³-hybridized carbons (Fsp3) is 0.400. The standard InChI is InChI=1S/C10H11ClN2O5S/c11-9-8(2-1-3-12-9)19(17,18)13-5-6(14)4-7(13)10(15)16/h1-3,6-7,14H,4-5H2,(H,15,16)/t6-,7+/m1/s1. The summed E-state index contributed by atoms with van der Waals surface area (Å²) < 4.78 is 25.4. The first kappa shape index (κ1) is 14.2. The Morgan fingerprint density at radius 3 is 2.79 bits per heavy atom. The number of rotatable bonds is 3. The lowest BCUT2D eigenvalue weighted by molar-refractivity contribution is -0.140. The quantitative estimate of drug-likeness (QED) is 0.758. The van der Waals surface area contributed by atoms with Gasteiger partial charge in [0.15, 0.2) is 0 Å². The highest BCUT2D eigenvalue weighted by molar-refractivity contribution is 7.89. The van der Waals surface area contributed by atoms with Gasteiger partial charge in [-0.25, -0.2) is 13.4 Å². The molecule has 104 valence electrons. The second-order valence-electron chi connectivity index (χ2n) is 4.11. The minimum Gasteiger partial charge on any atom is -0.480 e. The zero-order valence-corrected chi connectivity index (χ0v) is 11.2. The number of aliphatic hydroxyl groups is 1. The zero-order valence-electron chi connectivity index (χ0n) is 9.60. The van der Waals surface area contributed by atoms with Crippen LogP contribution < -0.4 is 0 Å². The number of β-amino-alcohol motifs (C(OH)–C–C–N with tert-alkyl or cyclic N) is 1. The lowest BCUT2D eigenvalue weighted by Gasteiger charge is -2.20. The van der Waals surface area contributed by atoms with Crippen LogP contribution in [0.2, 0.25) is 5.15 Å². The summed E-state index contributed by atoms with van der Waals surface area (Å²) in [5.41, 5.74) is 0. The van der Waals surface area contributed by atoms with Gasteiger partial charge in [-0.3, -0.25) is 4.79 Å². The molecule has 2 N–H and O–H groups in total. The Bertz CT molecular complexity index is 606. The molecule has 0 saturated carbocycles. The van der Waals surface area contributed by atoms with Crippen molar-refractivity contribution in [2.75, 3.05) is 6.54 Å². The third-order valence-electron chi connectivity index (χ3n) is 2.83. The van der Waals surface area contributed by atoms with Gasteiger partial charge in [0.05, 0.1) is 6.10 Å². The number of nitrogens with zero attached hydrogens (tertiary/aromatic N) is 2. The smallest absolute Gasteiger partial charge is 0.322 e. The summed E-state index contributed by atoms with van der Waals surface area (Å²) in [7, 11) is -4.10. The van der Waals surface area contributed by atoms with E-state index < -0.39 is 28.1 Å². The molecule has 0 aliphatic carbocycles. The molecular formula is C10H11ClN2O5S. The third-order valence-corrected chi connectivity index (χ3v) is 5.15. The molecule has 0 spiro atoms. The van der Waals surface area contributed by atoms with Crippen molar-refractivity contribution in [3.05, 3.63) is 23.5 Å². The van der Waals surface area contributed by atoms with Gasteiger partial charge in [-0.1, -0.05) is 11.6 Å². The van der Waals surface area contributed by atoms with E-state index in [0.717, 1.165) is 4.31 Å². The maximum atomic E-state index is 12.3. The van der Waals surface area contributed by atoms with Crippen LogP contribution in [0.25, 0.3) is 0 Å². The molecule has 0 bridgehead atoms. The van der Waals surface area contributed by atoms with E-state index in [9.17, 15) is 18.3 Å². The Kier molecular flexibility index (Phi) is 3.77. The number of hydrogen-bond donors (Lipinski definition) is 2. The number of aliphatic carboxylic acids is 1. The molecule has 7 nitrogen and oxygen atoms in total. The molecular weight excluding hydrogens is 296 g/mol. The lowest BCUT2D eigenvalue weighted by atomic mass is 10.2. The number of carboxylic acids is 1. The molecule has 9 heteroatoms. The fourth-order valence-corrected chi connectivity index (χ4v) is 4.02. The third kappa shape index (κ3) is 2.57. The summed E-state index contributed by atoms with van der Waals surface area (Å²) >= 11 is 5.72. The van der Waals surface area contributed by atoms with Crippen molar-refractivity contribution in [2.45, 2.75) is 23.5 Å². The molecule has 1 aliphatic heterocycles. The maximum absolute atomic E-state index is 12.3. The number of carboxylic acid groups (broad SMARTS) is 1. The molecule has 1 aliphatic rings. The van der Waals surface area contributed by atoms with Crippen molar-refractivity contribution in [1.29, 1.82) is 0 Å². The van der Waals surface area contributed by atoms with Crippen molar-refractivity contribution < 1.29 is 23.4 Å². The van der Waals surface area contributed by atoms with E-state index in [1.807, 2.05) is 0 Å². The van der Waals surface area contributed by atoms with Crippen LogP contribution in [0.15, 0.2) is 23.2 Å². The van der Waals surface area contributed by atoms with Gasteiger partial charge in [-0.05, 0) is 12.1 Å². The van der Waals surface area contributed by atoms with Gasteiger partial charge in [0.1, 0.15) is 16.1 Å². The highest BCUT2D eigenvalue weighted by Crippen LogP contribution is 2.29. The van der Waals surface area contributed by atoms with Crippen LogP contribution in [0.4, 0.5) is 0 Å². The molecule has 19 heavy (non-hydrogen) atoms. The van der Waals surface area contributed by atoms with Gasteiger partial charge in [-0.15, -0.1) is 0 Å². The van der Waals surface area contributed by atoms with Crippen molar-refractivity contribution in [2.24, 2.45) is 0 Å². The van der Waals surface area contributed by atoms with Crippen LogP contribution >= 0.6 is 11.6 Å². The van der Waals surface area contributed by atoms with Crippen molar-refractivity contribution >= 4 is 27.6 Å². The molecule has 0 radical (unpaired) electrons. The molecule has 1 aromatic heterocycles. The van der Waals surface area contributed by atoms with Crippen molar-refractivity contribution in [1.82, 2.24) is 9.29 Å². The first-order valence-corrected chi connectivity index (χ1v) is 7.19. The van der Waals surface area contributed by atoms with Crippen LogP contribution in [0.1, 0.15) is 6.42 Å². The highest BCUT2D eigenvalue weighted by Gasteiger charge is 2.44. The van der Waals surface area contributed by atoms with E-state index >= 15 is 0 Å². The van der Waals surface area contributed by atoms with E-state index in [0.29, 0.717) is 0 Å². The molecule has 0 aromatic carbocycles. The molecule has 2 atom stereocenters. The summed E-state index contributed by atoms with van der Waals surface area (Å²) in [5.74, 6) is -1.31. The minimum atomic E-state index is -4.10. The fourth-order valence-electron chi connectivity index (χ4n) is 1.96. The number of aliphatic hydroxyl groups excluding tert-OH is 1. The maximum Gasteiger partial charge on any atom is 0.322 e. The molecule has 1 saturated heterocycles. The average molecular weight is 307 g/mol. The Hall–Kier alpha value is -1.22. The number of carbonyl (C=O) groups is 1. The summed E-state index contributed by atoms with van der Waals surface area (Å²) in [4.78, 5) is 14.4. The van der Waals surface area contributed by atoms with E-state index in [2.05, 4.69) is 4.98 Å². The zero-order chi connectivity index (χ0) is 14.2. The molecule has 2 rings (SSSR count). The van der Waals surface area contributed by atoms with Gasteiger partial charge in [-0.2, -0.15) is 4.31 Å². The lowest BCUT2D eigenvalue weighted by Crippen LogP contribution is -2.40. The Morgan fingerprint density at radius 2 is 2.21 bits per heavy atom.